The van der Waals surface area contributed by atoms with E-state index in [-0.39, 0.29) is 16.2 Å². The number of amides is 1. The van der Waals surface area contributed by atoms with Crippen LogP contribution in [0.5, 0.6) is 0 Å². The zero-order chi connectivity index (χ0) is 15.6. The first-order chi connectivity index (χ1) is 9.79. The summed E-state index contributed by atoms with van der Waals surface area (Å²) in [6.45, 7) is 1.78. The average molecular weight is 409 g/mol. The summed E-state index contributed by atoms with van der Waals surface area (Å²) in [6, 6.07) is 9.84. The molecule has 2 aromatic rings. The van der Waals surface area contributed by atoms with Crippen LogP contribution >= 0.6 is 37.9 Å². The van der Waals surface area contributed by atoms with Crippen molar-refractivity contribution in [3.63, 3.8) is 0 Å². The van der Waals surface area contributed by atoms with Crippen molar-refractivity contribution in [2.75, 3.05) is 0 Å². The van der Waals surface area contributed by atoms with Gasteiger partial charge in [-0.1, -0.05) is 12.1 Å². The van der Waals surface area contributed by atoms with Crippen molar-refractivity contribution in [3.05, 3.63) is 51.3 Å². The summed E-state index contributed by atoms with van der Waals surface area (Å²) < 4.78 is 23.2. The molecule has 8 heteroatoms. The fourth-order valence-corrected chi connectivity index (χ4v) is 4.25. The summed E-state index contributed by atoms with van der Waals surface area (Å²) in [5, 5.41) is 2.82. The monoisotopic (exact) mass is 407 g/mol. The standard InChI is InChI=1S/C13H11BrClNO3S2/c1-8(11-6-7-12(20-11)21(15,18)19)16-13(17)9-4-2-3-5-10(9)14/h2-8H,1H3,(H,16,17). The highest BCUT2D eigenvalue weighted by molar-refractivity contribution is 9.10. The van der Waals surface area contributed by atoms with Gasteiger partial charge in [-0.3, -0.25) is 4.79 Å². The first-order valence-corrected chi connectivity index (χ1v) is 9.80. The first-order valence-electron chi connectivity index (χ1n) is 5.89. The minimum Gasteiger partial charge on any atom is -0.345 e. The Morgan fingerprint density at radius 2 is 1.95 bits per heavy atom. The Bertz CT molecular complexity index is 773. The van der Waals surface area contributed by atoms with Crippen LogP contribution in [0.15, 0.2) is 45.1 Å². The second-order valence-corrected chi connectivity index (χ2v) is 9.03. The Hall–Kier alpha value is -0.890. The molecule has 2 rings (SSSR count). The third kappa shape index (κ3) is 4.06. The molecule has 1 aromatic heterocycles. The van der Waals surface area contributed by atoms with Crippen molar-refractivity contribution in [2.24, 2.45) is 0 Å². The molecule has 0 spiro atoms. The molecule has 0 saturated carbocycles. The van der Waals surface area contributed by atoms with E-state index in [1.54, 1.807) is 31.2 Å². The van der Waals surface area contributed by atoms with Gasteiger partial charge < -0.3 is 5.32 Å². The molecule has 1 unspecified atom stereocenters. The average Bonchev–Trinajstić information content (AvgIpc) is 2.88. The van der Waals surface area contributed by atoms with Gasteiger partial charge in [-0.05, 0) is 47.1 Å². The summed E-state index contributed by atoms with van der Waals surface area (Å²) >= 11 is 4.36. The van der Waals surface area contributed by atoms with Crippen LogP contribution in [0, 0.1) is 0 Å². The van der Waals surface area contributed by atoms with Gasteiger partial charge in [0.1, 0.15) is 4.21 Å². The maximum atomic E-state index is 12.2. The van der Waals surface area contributed by atoms with Crippen LogP contribution in [0.1, 0.15) is 28.2 Å². The molecule has 112 valence electrons. The summed E-state index contributed by atoms with van der Waals surface area (Å²) in [5.74, 6) is -0.237. The Labute approximate surface area is 139 Å². The summed E-state index contributed by atoms with van der Waals surface area (Å²) in [4.78, 5) is 12.9. The van der Waals surface area contributed by atoms with E-state index in [1.165, 1.54) is 6.07 Å². The maximum Gasteiger partial charge on any atom is 0.270 e. The minimum atomic E-state index is -3.73. The highest BCUT2D eigenvalue weighted by Gasteiger charge is 2.18. The molecule has 1 heterocycles. The largest absolute Gasteiger partial charge is 0.345 e. The van der Waals surface area contributed by atoms with Gasteiger partial charge in [0.25, 0.3) is 15.0 Å². The minimum absolute atomic E-state index is 0.0705. The fourth-order valence-electron chi connectivity index (χ4n) is 1.69. The van der Waals surface area contributed by atoms with Crippen molar-refractivity contribution in [1.82, 2.24) is 5.32 Å². The molecule has 0 fully saturated rings. The predicted octanol–water partition coefficient (Wildman–Crippen LogP) is 3.93. The van der Waals surface area contributed by atoms with Crippen molar-refractivity contribution < 1.29 is 13.2 Å². The molecular weight excluding hydrogens is 398 g/mol. The van der Waals surface area contributed by atoms with Crippen LogP contribution in [0.2, 0.25) is 0 Å². The Morgan fingerprint density at radius 1 is 1.29 bits per heavy atom. The van der Waals surface area contributed by atoms with Crippen LogP contribution in [0.25, 0.3) is 0 Å². The van der Waals surface area contributed by atoms with Gasteiger partial charge in [-0.15, -0.1) is 11.3 Å². The third-order valence-corrected chi connectivity index (χ3v) is 6.79. The lowest BCUT2D eigenvalue weighted by molar-refractivity contribution is 0.0939. The van der Waals surface area contributed by atoms with E-state index in [1.807, 2.05) is 6.07 Å². The van der Waals surface area contributed by atoms with E-state index in [0.29, 0.717) is 10.0 Å². The molecule has 0 saturated heterocycles. The van der Waals surface area contributed by atoms with Crippen LogP contribution in [0.4, 0.5) is 0 Å². The Kier molecular flexibility index (Phi) is 5.08. The molecule has 1 atom stereocenters. The fraction of sp³-hybridized carbons (Fsp3) is 0.154. The van der Waals surface area contributed by atoms with Gasteiger partial charge in [0.2, 0.25) is 0 Å². The summed E-state index contributed by atoms with van der Waals surface area (Å²) in [5.41, 5.74) is 0.520. The van der Waals surface area contributed by atoms with Gasteiger partial charge in [-0.25, -0.2) is 8.42 Å². The van der Waals surface area contributed by atoms with E-state index in [9.17, 15) is 13.2 Å². The molecule has 1 N–H and O–H groups in total. The highest BCUT2D eigenvalue weighted by Crippen LogP contribution is 2.29. The summed E-state index contributed by atoms with van der Waals surface area (Å²) in [7, 11) is 1.56. The van der Waals surface area contributed by atoms with Gasteiger partial charge >= 0.3 is 0 Å². The SMILES string of the molecule is CC(NC(=O)c1ccccc1Br)c1ccc(S(=O)(=O)Cl)s1. The second kappa shape index (κ2) is 6.48. The molecule has 21 heavy (non-hydrogen) atoms. The number of nitrogens with one attached hydrogen (secondary N) is 1. The Morgan fingerprint density at radius 3 is 2.52 bits per heavy atom. The van der Waals surface area contributed by atoms with Gasteiger partial charge in [0.05, 0.1) is 11.6 Å². The van der Waals surface area contributed by atoms with Crippen molar-refractivity contribution in [1.29, 1.82) is 0 Å². The van der Waals surface area contributed by atoms with Crippen LogP contribution in [-0.2, 0) is 9.05 Å². The molecule has 4 nitrogen and oxygen atoms in total. The topological polar surface area (TPSA) is 63.2 Å². The van der Waals surface area contributed by atoms with E-state index in [0.717, 1.165) is 16.2 Å². The molecule has 0 bridgehead atoms. The van der Waals surface area contributed by atoms with E-state index in [2.05, 4.69) is 21.2 Å². The van der Waals surface area contributed by atoms with Gasteiger partial charge in [-0.2, -0.15) is 0 Å². The van der Waals surface area contributed by atoms with E-state index >= 15 is 0 Å². The quantitative estimate of drug-likeness (QED) is 0.780. The lowest BCUT2D eigenvalue weighted by Gasteiger charge is -2.13. The van der Waals surface area contributed by atoms with Crippen molar-refractivity contribution in [2.45, 2.75) is 17.2 Å². The Balaban J connectivity index is 2.15. The molecule has 0 radical (unpaired) electrons. The van der Waals surface area contributed by atoms with E-state index in [4.69, 9.17) is 10.7 Å². The zero-order valence-electron chi connectivity index (χ0n) is 10.8. The molecule has 0 aliphatic heterocycles. The lowest BCUT2D eigenvalue weighted by Crippen LogP contribution is -2.26. The van der Waals surface area contributed by atoms with Crippen LogP contribution in [-0.4, -0.2) is 14.3 Å². The van der Waals surface area contributed by atoms with Crippen LogP contribution in [0.3, 0.4) is 0 Å². The highest BCUT2D eigenvalue weighted by atomic mass is 79.9. The number of hydrogen-bond acceptors (Lipinski definition) is 4. The van der Waals surface area contributed by atoms with Crippen molar-refractivity contribution >= 4 is 52.9 Å². The molecule has 0 aliphatic rings. The predicted molar refractivity (Wildman–Crippen MR) is 87.4 cm³/mol. The number of hydrogen-bond donors (Lipinski definition) is 1. The maximum absolute atomic E-state index is 12.2. The molecule has 0 aliphatic carbocycles. The zero-order valence-corrected chi connectivity index (χ0v) is 14.8. The number of rotatable bonds is 4. The smallest absolute Gasteiger partial charge is 0.270 e. The van der Waals surface area contributed by atoms with Gasteiger partial charge in [0, 0.05) is 20.0 Å². The van der Waals surface area contributed by atoms with Crippen LogP contribution < -0.4 is 5.32 Å². The number of carbonyl (C=O) groups is 1. The van der Waals surface area contributed by atoms with Gasteiger partial charge in [0.15, 0.2) is 0 Å². The number of carbonyl (C=O) groups excluding carboxylic acids is 1. The summed E-state index contributed by atoms with van der Waals surface area (Å²) in [6.07, 6.45) is 0. The normalized spacial score (nSPS) is 12.9. The third-order valence-electron chi connectivity index (χ3n) is 2.74. The molecule has 1 amide bonds. The first kappa shape index (κ1) is 16.5. The van der Waals surface area contributed by atoms with Crippen molar-refractivity contribution in [3.8, 4) is 0 Å². The molecular formula is C13H11BrClNO3S2. The molecule has 1 aromatic carbocycles. The number of thiophene rings is 1. The second-order valence-electron chi connectivity index (χ2n) is 4.27. The number of halogens is 2. The van der Waals surface area contributed by atoms with E-state index < -0.39 is 9.05 Å². The number of benzene rings is 1. The lowest BCUT2D eigenvalue weighted by atomic mass is 10.2.